The molecule has 0 aromatic rings. The van der Waals surface area contributed by atoms with Gasteiger partial charge in [-0.2, -0.15) is 0 Å². The highest BCUT2D eigenvalue weighted by atomic mass is 15.1. The Morgan fingerprint density at radius 1 is 0.900 bits per heavy atom. The summed E-state index contributed by atoms with van der Waals surface area (Å²) in [6, 6.07) is 0.782. The third-order valence-electron chi connectivity index (χ3n) is 5.09. The van der Waals surface area contributed by atoms with Crippen LogP contribution < -0.4 is 5.32 Å². The van der Waals surface area contributed by atoms with Gasteiger partial charge in [-0.15, -0.1) is 0 Å². The Labute approximate surface area is 126 Å². The van der Waals surface area contributed by atoms with E-state index in [1.165, 1.54) is 84.3 Å². The van der Waals surface area contributed by atoms with Gasteiger partial charge in [-0.05, 0) is 90.3 Å². The van der Waals surface area contributed by atoms with Crippen molar-refractivity contribution in [2.45, 2.75) is 58.4 Å². The Balaban J connectivity index is 1.47. The molecule has 2 fully saturated rings. The van der Waals surface area contributed by atoms with Crippen molar-refractivity contribution in [3.8, 4) is 0 Å². The number of hydrogen-bond acceptors (Lipinski definition) is 3. The van der Waals surface area contributed by atoms with Crippen LogP contribution in [0, 0.1) is 5.92 Å². The zero-order chi connectivity index (χ0) is 14.2. The van der Waals surface area contributed by atoms with Crippen LogP contribution >= 0.6 is 0 Å². The van der Waals surface area contributed by atoms with Crippen molar-refractivity contribution in [3.63, 3.8) is 0 Å². The standard InChI is InChI=1S/C17H35N3/c1-3-10-19-14-7-17(8-15-19)18-9-4-11-20-12-5-16(2)6-13-20/h16-18H,3-15H2,1-2H3. The van der Waals surface area contributed by atoms with Crippen molar-refractivity contribution in [3.05, 3.63) is 0 Å². The van der Waals surface area contributed by atoms with Crippen LogP contribution in [0.2, 0.25) is 0 Å². The Bertz CT molecular complexity index is 241. The van der Waals surface area contributed by atoms with E-state index < -0.39 is 0 Å². The fourth-order valence-corrected chi connectivity index (χ4v) is 3.57. The molecule has 3 nitrogen and oxygen atoms in total. The van der Waals surface area contributed by atoms with Gasteiger partial charge in [0.25, 0.3) is 0 Å². The number of nitrogens with zero attached hydrogens (tertiary/aromatic N) is 2. The van der Waals surface area contributed by atoms with Crippen LogP contribution in [-0.2, 0) is 0 Å². The average molecular weight is 281 g/mol. The van der Waals surface area contributed by atoms with E-state index in [1.54, 1.807) is 0 Å². The van der Waals surface area contributed by atoms with Crippen LogP contribution in [0.3, 0.4) is 0 Å². The zero-order valence-corrected chi connectivity index (χ0v) is 13.7. The van der Waals surface area contributed by atoms with E-state index in [4.69, 9.17) is 0 Å². The molecule has 0 atom stereocenters. The van der Waals surface area contributed by atoms with E-state index in [9.17, 15) is 0 Å². The molecule has 2 heterocycles. The molecule has 3 heteroatoms. The van der Waals surface area contributed by atoms with Gasteiger partial charge in [0.2, 0.25) is 0 Å². The van der Waals surface area contributed by atoms with Crippen molar-refractivity contribution in [1.29, 1.82) is 0 Å². The van der Waals surface area contributed by atoms with Gasteiger partial charge in [0.1, 0.15) is 0 Å². The van der Waals surface area contributed by atoms with Gasteiger partial charge in [0.05, 0.1) is 0 Å². The van der Waals surface area contributed by atoms with E-state index in [0.717, 1.165) is 12.0 Å². The lowest BCUT2D eigenvalue weighted by Crippen LogP contribution is -2.43. The average Bonchev–Trinajstić information content (AvgIpc) is 2.47. The highest BCUT2D eigenvalue weighted by molar-refractivity contribution is 4.77. The maximum Gasteiger partial charge on any atom is 0.00914 e. The summed E-state index contributed by atoms with van der Waals surface area (Å²) in [4.78, 5) is 5.28. The van der Waals surface area contributed by atoms with Gasteiger partial charge >= 0.3 is 0 Å². The Morgan fingerprint density at radius 3 is 2.15 bits per heavy atom. The summed E-state index contributed by atoms with van der Waals surface area (Å²) in [6.07, 6.45) is 8.13. The first-order valence-corrected chi connectivity index (χ1v) is 8.96. The van der Waals surface area contributed by atoms with Gasteiger partial charge in [-0.3, -0.25) is 0 Å². The molecule has 118 valence electrons. The Morgan fingerprint density at radius 2 is 1.50 bits per heavy atom. The molecule has 20 heavy (non-hydrogen) atoms. The van der Waals surface area contributed by atoms with E-state index in [0.29, 0.717) is 0 Å². The summed E-state index contributed by atoms with van der Waals surface area (Å²) < 4.78 is 0. The van der Waals surface area contributed by atoms with Crippen molar-refractivity contribution >= 4 is 0 Å². The smallest absolute Gasteiger partial charge is 0.00914 e. The van der Waals surface area contributed by atoms with E-state index in [2.05, 4.69) is 29.0 Å². The van der Waals surface area contributed by atoms with Crippen LogP contribution in [0.5, 0.6) is 0 Å². The van der Waals surface area contributed by atoms with Crippen molar-refractivity contribution in [2.75, 3.05) is 45.8 Å². The lowest BCUT2D eigenvalue weighted by Gasteiger charge is -2.33. The molecule has 0 aromatic carbocycles. The van der Waals surface area contributed by atoms with E-state index in [-0.39, 0.29) is 0 Å². The SMILES string of the molecule is CCCN1CCC(NCCCN2CCC(C)CC2)CC1. The van der Waals surface area contributed by atoms with Gasteiger partial charge in [0, 0.05) is 6.04 Å². The topological polar surface area (TPSA) is 18.5 Å². The van der Waals surface area contributed by atoms with Crippen molar-refractivity contribution < 1.29 is 0 Å². The first-order chi connectivity index (χ1) is 9.78. The monoisotopic (exact) mass is 281 g/mol. The third-order valence-corrected chi connectivity index (χ3v) is 5.09. The number of likely N-dealkylation sites (tertiary alicyclic amines) is 2. The molecule has 0 unspecified atom stereocenters. The highest BCUT2D eigenvalue weighted by Crippen LogP contribution is 2.16. The molecule has 2 saturated heterocycles. The van der Waals surface area contributed by atoms with Crippen LogP contribution in [0.15, 0.2) is 0 Å². The Kier molecular flexibility index (Phi) is 7.32. The van der Waals surface area contributed by atoms with Crippen molar-refractivity contribution in [1.82, 2.24) is 15.1 Å². The molecule has 1 N–H and O–H groups in total. The van der Waals surface area contributed by atoms with Crippen LogP contribution in [-0.4, -0.2) is 61.7 Å². The second-order valence-corrected chi connectivity index (χ2v) is 6.95. The third kappa shape index (κ3) is 5.71. The number of hydrogen-bond donors (Lipinski definition) is 1. The fourth-order valence-electron chi connectivity index (χ4n) is 3.57. The van der Waals surface area contributed by atoms with E-state index in [1.807, 2.05) is 0 Å². The molecular weight excluding hydrogens is 246 g/mol. The first-order valence-electron chi connectivity index (χ1n) is 8.96. The number of nitrogens with one attached hydrogen (secondary N) is 1. The largest absolute Gasteiger partial charge is 0.314 e. The van der Waals surface area contributed by atoms with Crippen molar-refractivity contribution in [2.24, 2.45) is 5.92 Å². The normalized spacial score (nSPS) is 24.3. The highest BCUT2D eigenvalue weighted by Gasteiger charge is 2.18. The minimum absolute atomic E-state index is 0.782. The quantitative estimate of drug-likeness (QED) is 0.724. The minimum Gasteiger partial charge on any atom is -0.314 e. The summed E-state index contributed by atoms with van der Waals surface area (Å²) in [5.74, 6) is 0.956. The van der Waals surface area contributed by atoms with Crippen LogP contribution in [0.4, 0.5) is 0 Å². The molecule has 0 amide bonds. The minimum atomic E-state index is 0.782. The molecule has 0 spiro atoms. The summed E-state index contributed by atoms with van der Waals surface area (Å²) in [7, 11) is 0. The number of rotatable bonds is 7. The summed E-state index contributed by atoms with van der Waals surface area (Å²) in [5.41, 5.74) is 0. The summed E-state index contributed by atoms with van der Waals surface area (Å²) in [5, 5.41) is 3.78. The van der Waals surface area contributed by atoms with Crippen LogP contribution in [0.25, 0.3) is 0 Å². The van der Waals surface area contributed by atoms with Gasteiger partial charge < -0.3 is 15.1 Å². The zero-order valence-electron chi connectivity index (χ0n) is 13.7. The molecule has 0 aliphatic carbocycles. The van der Waals surface area contributed by atoms with Gasteiger partial charge in [-0.25, -0.2) is 0 Å². The molecule has 0 radical (unpaired) electrons. The van der Waals surface area contributed by atoms with E-state index >= 15 is 0 Å². The number of piperidine rings is 2. The molecule has 0 aromatic heterocycles. The second kappa shape index (κ2) is 9.01. The summed E-state index contributed by atoms with van der Waals surface area (Å²) >= 11 is 0. The maximum atomic E-state index is 3.78. The van der Waals surface area contributed by atoms with Crippen LogP contribution in [0.1, 0.15) is 52.4 Å². The Hall–Kier alpha value is -0.120. The molecule has 2 aliphatic rings. The molecular formula is C17H35N3. The predicted molar refractivity (Wildman–Crippen MR) is 87.2 cm³/mol. The lowest BCUT2D eigenvalue weighted by atomic mass is 9.99. The molecule has 0 bridgehead atoms. The van der Waals surface area contributed by atoms with Gasteiger partial charge in [0.15, 0.2) is 0 Å². The maximum absolute atomic E-state index is 3.78. The molecule has 2 aliphatic heterocycles. The molecule has 2 rings (SSSR count). The lowest BCUT2D eigenvalue weighted by molar-refractivity contribution is 0.182. The second-order valence-electron chi connectivity index (χ2n) is 6.95. The molecule has 0 saturated carbocycles. The van der Waals surface area contributed by atoms with Gasteiger partial charge in [-0.1, -0.05) is 13.8 Å². The predicted octanol–water partition coefficient (Wildman–Crippen LogP) is 2.57. The summed E-state index contributed by atoms with van der Waals surface area (Å²) in [6.45, 7) is 13.7. The fraction of sp³-hybridized carbons (Fsp3) is 1.00. The first kappa shape index (κ1) is 16.3.